The number of nitrogens with zero attached hydrogens (tertiary/aromatic N) is 1. The first-order valence-electron chi connectivity index (χ1n) is 4.58. The van der Waals surface area contributed by atoms with Crippen molar-refractivity contribution in [1.29, 1.82) is 0 Å². The monoisotopic (exact) mass is 171 g/mol. The lowest BCUT2D eigenvalue weighted by Gasteiger charge is -2.13. The number of carboxylic acids is 1. The minimum atomic E-state index is -0.670. The summed E-state index contributed by atoms with van der Waals surface area (Å²) in [6, 6.07) is -0.235. The third-order valence-corrected chi connectivity index (χ3v) is 2.62. The molecule has 1 N–H and O–H groups in total. The fourth-order valence-corrected chi connectivity index (χ4v) is 2.01. The number of likely N-dealkylation sites (tertiary alicyclic amines) is 1. The van der Waals surface area contributed by atoms with E-state index < -0.39 is 5.97 Å². The lowest BCUT2D eigenvalue weighted by atomic mass is 10.0. The van der Waals surface area contributed by atoms with Crippen molar-refractivity contribution in [3.63, 3.8) is 0 Å². The first kappa shape index (κ1) is 9.52. The van der Waals surface area contributed by atoms with Crippen molar-refractivity contribution in [2.24, 2.45) is 5.92 Å². The molecule has 2 atom stereocenters. The second kappa shape index (κ2) is 3.90. The minimum absolute atomic E-state index is 0.235. The molecule has 70 valence electrons. The van der Waals surface area contributed by atoms with Crippen LogP contribution in [0, 0.1) is 5.92 Å². The zero-order valence-electron chi connectivity index (χ0n) is 7.79. The molecule has 0 aromatic carbocycles. The Morgan fingerprint density at radius 3 is 2.75 bits per heavy atom. The maximum absolute atomic E-state index is 10.7. The SMILES string of the molecule is CCCC1CC(C(=O)O)N(C)C1. The molecule has 0 amide bonds. The molecular weight excluding hydrogens is 154 g/mol. The summed E-state index contributed by atoms with van der Waals surface area (Å²) in [7, 11) is 1.90. The Labute approximate surface area is 73.4 Å². The fourth-order valence-electron chi connectivity index (χ4n) is 2.01. The molecule has 0 aromatic heterocycles. The average Bonchev–Trinajstić information content (AvgIpc) is 2.32. The molecule has 0 saturated carbocycles. The Bertz CT molecular complexity index is 170. The van der Waals surface area contributed by atoms with Gasteiger partial charge in [-0.05, 0) is 25.8 Å². The zero-order valence-corrected chi connectivity index (χ0v) is 7.79. The van der Waals surface area contributed by atoms with Gasteiger partial charge in [0.05, 0.1) is 0 Å². The summed E-state index contributed by atoms with van der Waals surface area (Å²) in [6.45, 7) is 3.10. The summed E-state index contributed by atoms with van der Waals surface area (Å²) in [6.07, 6.45) is 3.15. The summed E-state index contributed by atoms with van der Waals surface area (Å²) in [4.78, 5) is 12.7. The van der Waals surface area contributed by atoms with Crippen LogP contribution in [0.5, 0.6) is 0 Å². The molecule has 0 aromatic rings. The molecule has 0 aliphatic carbocycles. The van der Waals surface area contributed by atoms with E-state index in [2.05, 4.69) is 6.92 Å². The Hall–Kier alpha value is -0.570. The van der Waals surface area contributed by atoms with Gasteiger partial charge in [0.25, 0.3) is 0 Å². The van der Waals surface area contributed by atoms with Crippen molar-refractivity contribution in [3.8, 4) is 0 Å². The molecular formula is C9H17NO2. The molecule has 0 bridgehead atoms. The summed E-state index contributed by atoms with van der Waals surface area (Å²) < 4.78 is 0. The minimum Gasteiger partial charge on any atom is -0.480 e. The molecule has 12 heavy (non-hydrogen) atoms. The normalized spacial score (nSPS) is 30.8. The van der Waals surface area contributed by atoms with Crippen LogP contribution in [0.3, 0.4) is 0 Å². The molecule has 3 heteroatoms. The average molecular weight is 171 g/mol. The lowest BCUT2D eigenvalue weighted by Crippen LogP contribution is -2.32. The van der Waals surface area contributed by atoms with E-state index in [1.54, 1.807) is 0 Å². The Balaban J connectivity index is 2.44. The number of hydrogen-bond acceptors (Lipinski definition) is 2. The van der Waals surface area contributed by atoms with Gasteiger partial charge < -0.3 is 5.11 Å². The van der Waals surface area contributed by atoms with E-state index in [-0.39, 0.29) is 6.04 Å². The van der Waals surface area contributed by atoms with E-state index in [4.69, 9.17) is 5.11 Å². The van der Waals surface area contributed by atoms with Crippen molar-refractivity contribution in [1.82, 2.24) is 4.90 Å². The van der Waals surface area contributed by atoms with Crippen LogP contribution in [-0.2, 0) is 4.79 Å². The number of hydrogen-bond donors (Lipinski definition) is 1. The summed E-state index contributed by atoms with van der Waals surface area (Å²) in [5.41, 5.74) is 0. The van der Waals surface area contributed by atoms with Crippen LogP contribution in [0.15, 0.2) is 0 Å². The maximum Gasteiger partial charge on any atom is 0.320 e. The highest BCUT2D eigenvalue weighted by molar-refractivity contribution is 5.73. The first-order valence-corrected chi connectivity index (χ1v) is 4.58. The Morgan fingerprint density at radius 1 is 1.67 bits per heavy atom. The van der Waals surface area contributed by atoms with Gasteiger partial charge in [-0.2, -0.15) is 0 Å². The molecule has 1 fully saturated rings. The topological polar surface area (TPSA) is 40.5 Å². The smallest absolute Gasteiger partial charge is 0.320 e. The van der Waals surface area contributed by atoms with Crippen LogP contribution in [0.4, 0.5) is 0 Å². The summed E-state index contributed by atoms with van der Waals surface area (Å²) in [5.74, 6) is -0.0720. The first-order chi connectivity index (χ1) is 5.65. The quantitative estimate of drug-likeness (QED) is 0.693. The van der Waals surface area contributed by atoms with Gasteiger partial charge >= 0.3 is 5.97 Å². The second-order valence-electron chi connectivity index (χ2n) is 3.68. The maximum atomic E-state index is 10.7. The van der Waals surface area contributed by atoms with E-state index in [9.17, 15) is 4.79 Å². The molecule has 3 nitrogen and oxygen atoms in total. The van der Waals surface area contributed by atoms with Gasteiger partial charge in [0, 0.05) is 6.54 Å². The summed E-state index contributed by atoms with van der Waals surface area (Å²) >= 11 is 0. The predicted molar refractivity (Wildman–Crippen MR) is 47.1 cm³/mol. The highest BCUT2D eigenvalue weighted by Crippen LogP contribution is 2.25. The second-order valence-corrected chi connectivity index (χ2v) is 3.68. The predicted octanol–water partition coefficient (Wildman–Crippen LogP) is 1.19. The Morgan fingerprint density at radius 2 is 2.33 bits per heavy atom. The molecule has 1 aliphatic heterocycles. The van der Waals surface area contributed by atoms with Gasteiger partial charge in [-0.1, -0.05) is 13.3 Å². The van der Waals surface area contributed by atoms with E-state index >= 15 is 0 Å². The van der Waals surface area contributed by atoms with Crippen LogP contribution in [-0.4, -0.2) is 35.6 Å². The highest BCUT2D eigenvalue weighted by Gasteiger charge is 2.33. The van der Waals surface area contributed by atoms with Crippen molar-refractivity contribution in [2.45, 2.75) is 32.2 Å². The summed E-state index contributed by atoms with van der Waals surface area (Å²) in [5, 5.41) is 8.83. The number of rotatable bonds is 3. The number of carboxylic acid groups (broad SMARTS) is 1. The van der Waals surface area contributed by atoms with Gasteiger partial charge in [0.2, 0.25) is 0 Å². The van der Waals surface area contributed by atoms with Gasteiger partial charge in [-0.15, -0.1) is 0 Å². The highest BCUT2D eigenvalue weighted by atomic mass is 16.4. The van der Waals surface area contributed by atoms with Crippen molar-refractivity contribution in [2.75, 3.05) is 13.6 Å². The number of carbonyl (C=O) groups is 1. The van der Waals surface area contributed by atoms with Crippen LogP contribution in [0.2, 0.25) is 0 Å². The van der Waals surface area contributed by atoms with Gasteiger partial charge in [0.1, 0.15) is 6.04 Å². The fraction of sp³-hybridized carbons (Fsp3) is 0.889. The van der Waals surface area contributed by atoms with Crippen molar-refractivity contribution in [3.05, 3.63) is 0 Å². The third-order valence-electron chi connectivity index (χ3n) is 2.62. The molecule has 1 rings (SSSR count). The number of aliphatic carboxylic acids is 1. The van der Waals surface area contributed by atoms with Crippen LogP contribution in [0.25, 0.3) is 0 Å². The molecule has 1 aliphatic rings. The van der Waals surface area contributed by atoms with E-state index in [1.807, 2.05) is 11.9 Å². The lowest BCUT2D eigenvalue weighted by molar-refractivity contribution is -0.141. The third kappa shape index (κ3) is 1.97. The van der Waals surface area contributed by atoms with Crippen LogP contribution < -0.4 is 0 Å². The van der Waals surface area contributed by atoms with Crippen molar-refractivity contribution >= 4 is 5.97 Å². The molecule has 0 spiro atoms. The van der Waals surface area contributed by atoms with E-state index in [0.717, 1.165) is 25.8 Å². The Kier molecular flexibility index (Phi) is 3.09. The number of likely N-dealkylation sites (N-methyl/N-ethyl adjacent to an activating group) is 1. The van der Waals surface area contributed by atoms with Gasteiger partial charge in [-0.3, -0.25) is 9.69 Å². The van der Waals surface area contributed by atoms with Gasteiger partial charge in [-0.25, -0.2) is 0 Å². The zero-order chi connectivity index (χ0) is 9.14. The molecule has 1 heterocycles. The molecule has 0 radical (unpaired) electrons. The van der Waals surface area contributed by atoms with E-state index in [1.165, 1.54) is 0 Å². The van der Waals surface area contributed by atoms with Crippen LogP contribution in [0.1, 0.15) is 26.2 Å². The standard InChI is InChI=1S/C9H17NO2/c1-3-4-7-5-8(9(11)12)10(2)6-7/h7-8H,3-6H2,1-2H3,(H,11,12). The molecule has 1 saturated heterocycles. The van der Waals surface area contributed by atoms with Crippen LogP contribution >= 0.6 is 0 Å². The van der Waals surface area contributed by atoms with E-state index in [0.29, 0.717) is 5.92 Å². The van der Waals surface area contributed by atoms with Gasteiger partial charge in [0.15, 0.2) is 0 Å². The molecule has 2 unspecified atom stereocenters. The largest absolute Gasteiger partial charge is 0.480 e. The van der Waals surface area contributed by atoms with Crippen molar-refractivity contribution < 1.29 is 9.90 Å².